The molecule has 2 rings (SSSR count). The maximum Gasteiger partial charge on any atom is 0.243 e. The summed E-state index contributed by atoms with van der Waals surface area (Å²) >= 11 is 0. The molecule has 0 unspecified atom stereocenters. The standard InChI is InChI=1S/C15H18N2O3S/c1-11-4-3-5-12(8-11)10-17(2)21(19,20)13-6-7-15(18)14(16)9-13/h3-9,18H,10,16H2,1-2H3. The third-order valence-electron chi connectivity index (χ3n) is 3.19. The van der Waals surface area contributed by atoms with Crippen LogP contribution in [0.5, 0.6) is 5.75 Å². The van der Waals surface area contributed by atoms with E-state index in [2.05, 4.69) is 0 Å². The lowest BCUT2D eigenvalue weighted by atomic mass is 10.1. The number of benzene rings is 2. The Morgan fingerprint density at radius 3 is 2.52 bits per heavy atom. The van der Waals surface area contributed by atoms with Crippen LogP contribution in [-0.2, 0) is 16.6 Å². The van der Waals surface area contributed by atoms with Crippen LogP contribution in [0.1, 0.15) is 11.1 Å². The lowest BCUT2D eigenvalue weighted by molar-refractivity contribution is 0.465. The third kappa shape index (κ3) is 3.34. The largest absolute Gasteiger partial charge is 0.506 e. The fraction of sp³-hybridized carbons (Fsp3) is 0.200. The van der Waals surface area contributed by atoms with E-state index in [1.54, 1.807) is 0 Å². The summed E-state index contributed by atoms with van der Waals surface area (Å²) in [7, 11) is -2.13. The number of phenolic OH excluding ortho intramolecular Hbond substituents is 1. The van der Waals surface area contributed by atoms with Crippen LogP contribution in [0.25, 0.3) is 0 Å². The van der Waals surface area contributed by atoms with Gasteiger partial charge in [-0.3, -0.25) is 0 Å². The number of hydrogen-bond donors (Lipinski definition) is 2. The second-order valence-electron chi connectivity index (χ2n) is 4.97. The molecular formula is C15H18N2O3S. The summed E-state index contributed by atoms with van der Waals surface area (Å²) in [5.41, 5.74) is 7.58. The molecule has 0 bridgehead atoms. The van der Waals surface area contributed by atoms with Gasteiger partial charge in [-0.25, -0.2) is 8.42 Å². The van der Waals surface area contributed by atoms with Crippen LogP contribution in [0.15, 0.2) is 47.4 Å². The zero-order valence-corrected chi connectivity index (χ0v) is 12.8. The lowest BCUT2D eigenvalue weighted by Gasteiger charge is -2.18. The average molecular weight is 306 g/mol. The molecule has 0 spiro atoms. The minimum Gasteiger partial charge on any atom is -0.506 e. The number of aromatic hydroxyl groups is 1. The molecule has 0 fully saturated rings. The van der Waals surface area contributed by atoms with Gasteiger partial charge in [0.25, 0.3) is 0 Å². The Morgan fingerprint density at radius 1 is 1.19 bits per heavy atom. The van der Waals surface area contributed by atoms with E-state index in [1.807, 2.05) is 31.2 Å². The first-order valence-electron chi connectivity index (χ1n) is 6.41. The first-order chi connectivity index (χ1) is 9.80. The monoisotopic (exact) mass is 306 g/mol. The van der Waals surface area contributed by atoms with Crippen LogP contribution in [0.3, 0.4) is 0 Å². The van der Waals surface area contributed by atoms with Crippen LogP contribution in [0.2, 0.25) is 0 Å². The molecule has 0 aliphatic heterocycles. The number of hydrogen-bond acceptors (Lipinski definition) is 4. The summed E-state index contributed by atoms with van der Waals surface area (Å²) in [5, 5.41) is 9.38. The van der Waals surface area contributed by atoms with E-state index >= 15 is 0 Å². The number of aryl methyl sites for hydroxylation is 1. The Morgan fingerprint density at radius 2 is 1.90 bits per heavy atom. The molecule has 0 radical (unpaired) electrons. The predicted octanol–water partition coefficient (Wildman–Crippen LogP) is 2.10. The number of nitrogen functional groups attached to an aromatic ring is 1. The summed E-state index contributed by atoms with van der Waals surface area (Å²) in [4.78, 5) is 0.0629. The highest BCUT2D eigenvalue weighted by Gasteiger charge is 2.21. The molecule has 2 aromatic carbocycles. The highest BCUT2D eigenvalue weighted by Crippen LogP contribution is 2.25. The fourth-order valence-electron chi connectivity index (χ4n) is 2.03. The number of phenols is 1. The molecule has 0 aliphatic rings. The van der Waals surface area contributed by atoms with E-state index in [4.69, 9.17) is 5.73 Å². The lowest BCUT2D eigenvalue weighted by Crippen LogP contribution is -2.26. The molecule has 5 nitrogen and oxygen atoms in total. The number of nitrogens with two attached hydrogens (primary N) is 1. The molecular weight excluding hydrogens is 288 g/mol. The van der Waals surface area contributed by atoms with Gasteiger partial charge in [-0.2, -0.15) is 4.31 Å². The van der Waals surface area contributed by atoms with Crippen molar-refractivity contribution in [3.8, 4) is 5.75 Å². The molecule has 0 atom stereocenters. The Labute approximate surface area is 124 Å². The Bertz CT molecular complexity index is 757. The number of nitrogens with zero attached hydrogens (tertiary/aromatic N) is 1. The zero-order chi connectivity index (χ0) is 15.6. The van der Waals surface area contributed by atoms with Gasteiger partial charge in [0, 0.05) is 13.6 Å². The van der Waals surface area contributed by atoms with E-state index < -0.39 is 10.0 Å². The van der Waals surface area contributed by atoms with Gasteiger partial charge < -0.3 is 10.8 Å². The van der Waals surface area contributed by atoms with Gasteiger partial charge in [0.1, 0.15) is 5.75 Å². The number of rotatable bonds is 4. The smallest absolute Gasteiger partial charge is 0.243 e. The topological polar surface area (TPSA) is 83.6 Å². The van der Waals surface area contributed by atoms with Crippen molar-refractivity contribution in [2.24, 2.45) is 0 Å². The quantitative estimate of drug-likeness (QED) is 0.669. The van der Waals surface area contributed by atoms with Gasteiger partial charge in [-0.1, -0.05) is 29.8 Å². The molecule has 0 aromatic heterocycles. The maximum absolute atomic E-state index is 12.5. The van der Waals surface area contributed by atoms with Crippen LogP contribution >= 0.6 is 0 Å². The van der Waals surface area contributed by atoms with Gasteiger partial charge in [-0.05, 0) is 30.7 Å². The summed E-state index contributed by atoms with van der Waals surface area (Å²) < 4.78 is 26.2. The fourth-order valence-corrected chi connectivity index (χ4v) is 3.22. The van der Waals surface area contributed by atoms with Crippen molar-refractivity contribution in [2.45, 2.75) is 18.4 Å². The Kier molecular flexibility index (Phi) is 4.20. The van der Waals surface area contributed by atoms with Crippen molar-refractivity contribution in [2.75, 3.05) is 12.8 Å². The molecule has 2 aromatic rings. The van der Waals surface area contributed by atoms with Crippen LogP contribution in [-0.4, -0.2) is 24.9 Å². The van der Waals surface area contributed by atoms with E-state index in [-0.39, 0.29) is 22.9 Å². The molecule has 0 saturated heterocycles. The summed E-state index contributed by atoms with van der Waals surface area (Å²) in [6.45, 7) is 2.23. The highest BCUT2D eigenvalue weighted by molar-refractivity contribution is 7.89. The number of anilines is 1. The van der Waals surface area contributed by atoms with E-state index in [0.717, 1.165) is 11.1 Å². The third-order valence-corrected chi connectivity index (χ3v) is 4.99. The second-order valence-corrected chi connectivity index (χ2v) is 7.02. The van der Waals surface area contributed by atoms with Gasteiger partial charge in [0.2, 0.25) is 10.0 Å². The van der Waals surface area contributed by atoms with E-state index in [1.165, 1.54) is 29.6 Å². The maximum atomic E-state index is 12.5. The molecule has 0 aliphatic carbocycles. The van der Waals surface area contributed by atoms with Crippen molar-refractivity contribution < 1.29 is 13.5 Å². The minimum atomic E-state index is -3.65. The zero-order valence-electron chi connectivity index (χ0n) is 11.9. The van der Waals surface area contributed by atoms with E-state index in [9.17, 15) is 13.5 Å². The first-order valence-corrected chi connectivity index (χ1v) is 7.85. The molecule has 6 heteroatoms. The molecule has 112 valence electrons. The van der Waals surface area contributed by atoms with Gasteiger partial charge >= 0.3 is 0 Å². The molecule has 0 heterocycles. The normalized spacial score (nSPS) is 11.8. The van der Waals surface area contributed by atoms with Gasteiger partial charge in [0.15, 0.2) is 0 Å². The van der Waals surface area contributed by atoms with Crippen LogP contribution in [0, 0.1) is 6.92 Å². The molecule has 0 amide bonds. The van der Waals surface area contributed by atoms with Crippen molar-refractivity contribution >= 4 is 15.7 Å². The molecule has 3 N–H and O–H groups in total. The van der Waals surface area contributed by atoms with Crippen molar-refractivity contribution in [3.63, 3.8) is 0 Å². The predicted molar refractivity (Wildman–Crippen MR) is 82.4 cm³/mol. The van der Waals surface area contributed by atoms with E-state index in [0.29, 0.717) is 0 Å². The first kappa shape index (κ1) is 15.3. The molecule has 0 saturated carbocycles. The summed E-state index contributed by atoms with van der Waals surface area (Å²) in [5.74, 6) is -0.129. The second kappa shape index (κ2) is 5.75. The average Bonchev–Trinajstić information content (AvgIpc) is 2.41. The minimum absolute atomic E-state index is 0.0417. The van der Waals surface area contributed by atoms with Crippen LogP contribution in [0.4, 0.5) is 5.69 Å². The SMILES string of the molecule is Cc1cccc(CN(C)S(=O)(=O)c2ccc(O)c(N)c2)c1. The van der Waals surface area contributed by atoms with Crippen molar-refractivity contribution in [1.29, 1.82) is 0 Å². The number of sulfonamides is 1. The van der Waals surface area contributed by atoms with Gasteiger partial charge in [-0.15, -0.1) is 0 Å². The van der Waals surface area contributed by atoms with Crippen LogP contribution < -0.4 is 5.73 Å². The highest BCUT2D eigenvalue weighted by atomic mass is 32.2. The Hall–Kier alpha value is -2.05. The molecule has 21 heavy (non-hydrogen) atoms. The Balaban J connectivity index is 2.28. The summed E-state index contributed by atoms with van der Waals surface area (Å²) in [6, 6.07) is 11.6. The summed E-state index contributed by atoms with van der Waals surface area (Å²) in [6.07, 6.45) is 0. The van der Waals surface area contributed by atoms with Crippen molar-refractivity contribution in [1.82, 2.24) is 4.31 Å². The van der Waals surface area contributed by atoms with Gasteiger partial charge in [0.05, 0.1) is 10.6 Å². The van der Waals surface area contributed by atoms with Crippen molar-refractivity contribution in [3.05, 3.63) is 53.6 Å².